The van der Waals surface area contributed by atoms with Crippen LogP contribution >= 0.6 is 18.5 Å². The number of hydrogen-bond donors (Lipinski definition) is 0. The molecule has 2 unspecified atom stereocenters. The lowest BCUT2D eigenvalue weighted by atomic mass is 10.0. The summed E-state index contributed by atoms with van der Waals surface area (Å²) in [6.45, 7) is 24.2. The Kier molecular flexibility index (Phi) is 8.43. The van der Waals surface area contributed by atoms with E-state index >= 15 is 0 Å². The molecule has 0 aliphatic heterocycles. The summed E-state index contributed by atoms with van der Waals surface area (Å²) in [7, 11) is 5.57. The molecule has 1 aromatic carbocycles. The molecule has 1 aromatic rings. The van der Waals surface area contributed by atoms with Crippen LogP contribution in [0.2, 0.25) is 0 Å². The summed E-state index contributed by atoms with van der Waals surface area (Å²) in [5.41, 5.74) is -2.31. The maximum Gasteiger partial charge on any atom is 0.209 e. The maximum absolute atomic E-state index is 6.50. The SMILES string of the molecule is CC(C)(C)OC(P)(OC(C)(C)C)c1ccccc1C(P)(OC(C)(C)C)OC(C)(C)C. The van der Waals surface area contributed by atoms with Crippen molar-refractivity contribution in [2.24, 2.45) is 0 Å². The van der Waals surface area contributed by atoms with Gasteiger partial charge in [-0.05, 0) is 83.1 Å². The Hall–Kier alpha value is -0.0800. The summed E-state index contributed by atoms with van der Waals surface area (Å²) in [6.07, 6.45) is 0. The van der Waals surface area contributed by atoms with Crippen molar-refractivity contribution in [3.63, 3.8) is 0 Å². The first kappa shape index (κ1) is 28.0. The Morgan fingerprint density at radius 2 is 0.667 bits per heavy atom. The van der Waals surface area contributed by atoms with Gasteiger partial charge >= 0.3 is 0 Å². The summed E-state index contributed by atoms with van der Waals surface area (Å²) in [4.78, 5) is 0. The van der Waals surface area contributed by atoms with Crippen LogP contribution in [0.15, 0.2) is 24.3 Å². The molecular formula is C24H44O4P2. The van der Waals surface area contributed by atoms with Crippen LogP contribution in [0.4, 0.5) is 0 Å². The fraction of sp³-hybridized carbons (Fsp3) is 0.750. The lowest BCUT2D eigenvalue weighted by Crippen LogP contribution is -2.45. The van der Waals surface area contributed by atoms with Gasteiger partial charge in [0.25, 0.3) is 0 Å². The standard InChI is InChI=1S/C24H44O4P2/c1-19(2,3)25-23(29,26-20(4,5)6)17-15-13-14-16-18(17)24(30,27-21(7,8)9)28-22(10,11)12/h13-16H,29-30H2,1-12H3. The lowest BCUT2D eigenvalue weighted by molar-refractivity contribution is -0.279. The molecule has 0 bridgehead atoms. The van der Waals surface area contributed by atoms with E-state index in [1.54, 1.807) is 0 Å². The average molecular weight is 459 g/mol. The second-order valence-electron chi connectivity index (χ2n) is 11.7. The number of benzene rings is 1. The molecule has 4 nitrogen and oxygen atoms in total. The number of rotatable bonds is 6. The predicted molar refractivity (Wildman–Crippen MR) is 133 cm³/mol. The zero-order valence-electron chi connectivity index (χ0n) is 21.1. The quantitative estimate of drug-likeness (QED) is 0.343. The van der Waals surface area contributed by atoms with Gasteiger partial charge in [-0.15, -0.1) is 0 Å². The van der Waals surface area contributed by atoms with Gasteiger partial charge in [0.1, 0.15) is 0 Å². The molecule has 1 rings (SSSR count). The van der Waals surface area contributed by atoms with Crippen LogP contribution in [0.1, 0.15) is 94.2 Å². The summed E-state index contributed by atoms with van der Waals surface area (Å²) < 4.78 is 26.0. The van der Waals surface area contributed by atoms with Crippen LogP contribution in [0.5, 0.6) is 0 Å². The third kappa shape index (κ3) is 9.19. The molecule has 0 N–H and O–H groups in total. The second kappa shape index (κ2) is 9.05. The van der Waals surface area contributed by atoms with Crippen molar-refractivity contribution in [2.75, 3.05) is 0 Å². The molecule has 0 fully saturated rings. The minimum absolute atomic E-state index is 0.445. The van der Waals surface area contributed by atoms with Gasteiger partial charge in [-0.1, -0.05) is 42.7 Å². The highest BCUT2D eigenvalue weighted by molar-refractivity contribution is 7.18. The van der Waals surface area contributed by atoms with Crippen LogP contribution in [-0.4, -0.2) is 22.4 Å². The van der Waals surface area contributed by atoms with Crippen LogP contribution in [-0.2, 0) is 30.0 Å². The molecule has 6 heteroatoms. The first-order chi connectivity index (χ1) is 13.1. The Morgan fingerprint density at radius 1 is 0.467 bits per heavy atom. The van der Waals surface area contributed by atoms with E-state index in [-0.39, 0.29) is 0 Å². The highest BCUT2D eigenvalue weighted by Crippen LogP contribution is 2.49. The van der Waals surface area contributed by atoms with Gasteiger partial charge < -0.3 is 18.9 Å². The topological polar surface area (TPSA) is 36.9 Å². The summed E-state index contributed by atoms with van der Waals surface area (Å²) in [5, 5.41) is 0. The smallest absolute Gasteiger partial charge is 0.209 e. The van der Waals surface area contributed by atoms with Crippen molar-refractivity contribution in [1.82, 2.24) is 0 Å². The van der Waals surface area contributed by atoms with E-state index in [9.17, 15) is 0 Å². The van der Waals surface area contributed by atoms with Gasteiger partial charge in [-0.25, -0.2) is 0 Å². The molecule has 0 radical (unpaired) electrons. The van der Waals surface area contributed by atoms with E-state index in [0.717, 1.165) is 11.1 Å². The normalized spacial score (nSPS) is 14.9. The van der Waals surface area contributed by atoms with E-state index in [0.29, 0.717) is 0 Å². The highest BCUT2D eigenvalue weighted by atomic mass is 31.0. The third-order valence-corrected chi connectivity index (χ3v) is 4.60. The van der Waals surface area contributed by atoms with Crippen LogP contribution in [0.3, 0.4) is 0 Å². The van der Waals surface area contributed by atoms with Crippen LogP contribution < -0.4 is 0 Å². The largest absolute Gasteiger partial charge is 0.337 e. The summed E-state index contributed by atoms with van der Waals surface area (Å²) in [5.74, 6) is 0. The molecule has 30 heavy (non-hydrogen) atoms. The van der Waals surface area contributed by atoms with E-state index in [2.05, 4.69) is 18.5 Å². The molecule has 0 aliphatic rings. The van der Waals surface area contributed by atoms with Crippen LogP contribution in [0, 0.1) is 0 Å². The van der Waals surface area contributed by atoms with E-state index in [1.807, 2.05) is 107 Å². The van der Waals surface area contributed by atoms with Gasteiger partial charge in [-0.3, -0.25) is 0 Å². The first-order valence-electron chi connectivity index (χ1n) is 10.5. The highest BCUT2D eigenvalue weighted by Gasteiger charge is 2.45. The van der Waals surface area contributed by atoms with Crippen LogP contribution in [0.25, 0.3) is 0 Å². The van der Waals surface area contributed by atoms with E-state index in [4.69, 9.17) is 18.9 Å². The fourth-order valence-electron chi connectivity index (χ4n) is 3.17. The van der Waals surface area contributed by atoms with Crippen molar-refractivity contribution in [3.05, 3.63) is 35.4 Å². The molecule has 0 aromatic heterocycles. The fourth-order valence-corrected chi connectivity index (χ4v) is 5.09. The van der Waals surface area contributed by atoms with Gasteiger partial charge in [0.2, 0.25) is 11.1 Å². The zero-order valence-corrected chi connectivity index (χ0v) is 23.4. The van der Waals surface area contributed by atoms with Crippen molar-refractivity contribution < 1.29 is 18.9 Å². The molecule has 0 amide bonds. The third-order valence-electron chi connectivity index (χ3n) is 3.51. The van der Waals surface area contributed by atoms with E-state index < -0.39 is 33.5 Å². The number of ether oxygens (including phenoxy) is 4. The van der Waals surface area contributed by atoms with Crippen molar-refractivity contribution in [3.8, 4) is 0 Å². The Labute approximate surface area is 189 Å². The summed E-state index contributed by atoms with van der Waals surface area (Å²) in [6, 6.07) is 7.98. The van der Waals surface area contributed by atoms with Gasteiger partial charge in [-0.2, -0.15) is 0 Å². The van der Waals surface area contributed by atoms with E-state index in [1.165, 1.54) is 0 Å². The molecule has 0 saturated carbocycles. The van der Waals surface area contributed by atoms with Gasteiger partial charge in [0.05, 0.1) is 22.4 Å². The molecule has 0 spiro atoms. The van der Waals surface area contributed by atoms with Crippen molar-refractivity contribution in [1.29, 1.82) is 0 Å². The minimum Gasteiger partial charge on any atom is -0.337 e. The number of hydrogen-bond acceptors (Lipinski definition) is 4. The minimum atomic E-state index is -1.10. The summed E-state index contributed by atoms with van der Waals surface area (Å²) >= 11 is 0. The lowest BCUT2D eigenvalue weighted by Gasteiger charge is -2.46. The van der Waals surface area contributed by atoms with Gasteiger partial charge in [0.15, 0.2) is 0 Å². The first-order valence-corrected chi connectivity index (χ1v) is 11.7. The molecule has 0 saturated heterocycles. The maximum atomic E-state index is 6.50. The average Bonchev–Trinajstić information content (AvgIpc) is 2.38. The molecule has 0 aliphatic carbocycles. The molecule has 174 valence electrons. The Bertz CT molecular complexity index is 611. The monoisotopic (exact) mass is 458 g/mol. The second-order valence-corrected chi connectivity index (χ2v) is 13.3. The Morgan fingerprint density at radius 3 is 0.833 bits per heavy atom. The Balaban J connectivity index is 3.75. The molecular weight excluding hydrogens is 414 g/mol. The molecule has 0 heterocycles. The predicted octanol–water partition coefficient (Wildman–Crippen LogP) is 6.92. The van der Waals surface area contributed by atoms with Gasteiger partial charge in [0, 0.05) is 11.1 Å². The van der Waals surface area contributed by atoms with Crippen molar-refractivity contribution >= 4 is 18.5 Å². The molecule has 2 atom stereocenters. The van der Waals surface area contributed by atoms with Crippen molar-refractivity contribution in [2.45, 2.75) is 117 Å². The zero-order chi connectivity index (χ0) is 23.8.